The van der Waals surface area contributed by atoms with E-state index in [1.165, 1.54) is 18.2 Å². The molecule has 5 nitrogen and oxygen atoms in total. The maximum absolute atomic E-state index is 12.3. The zero-order valence-electron chi connectivity index (χ0n) is 11.1. The minimum absolute atomic E-state index is 0.178. The average molecular weight is 304 g/mol. The molecule has 116 valence electrons. The molecule has 0 saturated carbocycles. The van der Waals surface area contributed by atoms with Crippen molar-refractivity contribution in [3.63, 3.8) is 0 Å². The number of carbonyl (C=O) groups is 1. The van der Waals surface area contributed by atoms with Crippen LogP contribution in [0.15, 0.2) is 18.2 Å². The van der Waals surface area contributed by atoms with E-state index < -0.39 is 12.1 Å². The van der Waals surface area contributed by atoms with Gasteiger partial charge in [-0.15, -0.1) is 0 Å². The number of alkyl halides is 3. The van der Waals surface area contributed by atoms with Gasteiger partial charge in [0, 0.05) is 32.7 Å². The van der Waals surface area contributed by atoms with Gasteiger partial charge in [-0.2, -0.15) is 13.2 Å². The zero-order chi connectivity index (χ0) is 15.5. The van der Waals surface area contributed by atoms with Crippen molar-refractivity contribution in [1.82, 2.24) is 10.2 Å². The highest BCUT2D eigenvalue weighted by atomic mass is 19.4. The van der Waals surface area contributed by atoms with Crippen LogP contribution in [0.5, 0.6) is 11.5 Å². The fourth-order valence-corrected chi connectivity index (χ4v) is 2.06. The van der Waals surface area contributed by atoms with Crippen molar-refractivity contribution < 1.29 is 27.8 Å². The number of hydrogen-bond acceptors (Lipinski definition) is 5. The Kier molecular flexibility index (Phi) is 4.69. The topological polar surface area (TPSA) is 61.8 Å². The van der Waals surface area contributed by atoms with E-state index in [4.69, 9.17) is 0 Å². The van der Waals surface area contributed by atoms with Gasteiger partial charge in [0.25, 0.3) is 0 Å². The van der Waals surface area contributed by atoms with Crippen LogP contribution in [0, 0.1) is 0 Å². The quantitative estimate of drug-likeness (QED) is 0.650. The Labute approximate surface area is 119 Å². The van der Waals surface area contributed by atoms with Gasteiger partial charge in [0.2, 0.25) is 0 Å². The molecule has 0 unspecified atom stereocenters. The van der Waals surface area contributed by atoms with Crippen LogP contribution in [-0.2, 0) is 11.3 Å². The van der Waals surface area contributed by atoms with Gasteiger partial charge in [-0.3, -0.25) is 4.90 Å². The Hall–Kier alpha value is -1.80. The van der Waals surface area contributed by atoms with Gasteiger partial charge < -0.3 is 15.2 Å². The van der Waals surface area contributed by atoms with Crippen LogP contribution >= 0.6 is 0 Å². The number of carbonyl (C=O) groups excluding carboxylic acids is 1. The van der Waals surface area contributed by atoms with Crippen molar-refractivity contribution in [2.24, 2.45) is 0 Å². The Morgan fingerprint density at radius 3 is 2.62 bits per heavy atom. The van der Waals surface area contributed by atoms with E-state index in [0.29, 0.717) is 13.1 Å². The summed E-state index contributed by atoms with van der Waals surface area (Å²) >= 11 is 0. The second kappa shape index (κ2) is 6.31. The molecule has 1 heterocycles. The molecule has 2 rings (SSSR count). The molecule has 1 aromatic rings. The number of nitrogens with zero attached hydrogens (tertiary/aromatic N) is 1. The number of phenolic OH excluding ortho intramolecular Hbond substituents is 1. The highest BCUT2D eigenvalue weighted by Gasteiger charge is 2.41. The largest absolute Gasteiger partial charge is 0.507 e. The second-order valence-electron chi connectivity index (χ2n) is 4.67. The molecule has 8 heteroatoms. The maximum Gasteiger partial charge on any atom is 0.491 e. The molecule has 0 radical (unpaired) electrons. The molecule has 1 fully saturated rings. The van der Waals surface area contributed by atoms with Crippen molar-refractivity contribution in [2.75, 3.05) is 26.2 Å². The lowest BCUT2D eigenvalue weighted by atomic mass is 10.1. The number of nitrogens with one attached hydrogen (secondary N) is 1. The van der Waals surface area contributed by atoms with Crippen LogP contribution in [0.1, 0.15) is 5.56 Å². The SMILES string of the molecule is O=C(Oc1cccc(O)c1CN1CCNCC1)C(F)(F)F. The summed E-state index contributed by atoms with van der Waals surface area (Å²) in [7, 11) is 0. The first-order valence-electron chi connectivity index (χ1n) is 6.41. The number of hydrogen-bond donors (Lipinski definition) is 2. The molecule has 1 saturated heterocycles. The molecule has 0 aromatic heterocycles. The third-order valence-electron chi connectivity index (χ3n) is 3.13. The first-order chi connectivity index (χ1) is 9.88. The number of aromatic hydroxyl groups is 1. The van der Waals surface area contributed by atoms with Gasteiger partial charge in [-0.05, 0) is 12.1 Å². The van der Waals surface area contributed by atoms with Crippen molar-refractivity contribution in [1.29, 1.82) is 0 Å². The molecule has 0 bridgehead atoms. The summed E-state index contributed by atoms with van der Waals surface area (Å²) in [6, 6.07) is 3.92. The summed E-state index contributed by atoms with van der Waals surface area (Å²) < 4.78 is 41.2. The lowest BCUT2D eigenvalue weighted by Gasteiger charge is -2.28. The Bertz CT molecular complexity index is 514. The number of benzene rings is 1. The van der Waals surface area contributed by atoms with E-state index in [-0.39, 0.29) is 23.6 Å². The molecule has 0 aliphatic carbocycles. The van der Waals surface area contributed by atoms with E-state index in [2.05, 4.69) is 10.1 Å². The predicted molar refractivity (Wildman–Crippen MR) is 67.9 cm³/mol. The highest BCUT2D eigenvalue weighted by molar-refractivity contribution is 5.78. The summed E-state index contributed by atoms with van der Waals surface area (Å²) in [6.07, 6.45) is -5.07. The van der Waals surface area contributed by atoms with Crippen LogP contribution in [0.2, 0.25) is 0 Å². The summed E-state index contributed by atoms with van der Waals surface area (Å²) in [5, 5.41) is 13.0. The van der Waals surface area contributed by atoms with Crippen molar-refractivity contribution in [3.8, 4) is 11.5 Å². The predicted octanol–water partition coefficient (Wildman–Crippen LogP) is 1.27. The van der Waals surface area contributed by atoms with Crippen molar-refractivity contribution in [3.05, 3.63) is 23.8 Å². The van der Waals surface area contributed by atoms with Crippen LogP contribution in [0.4, 0.5) is 13.2 Å². The summed E-state index contributed by atoms with van der Waals surface area (Å²) in [4.78, 5) is 12.9. The lowest BCUT2D eigenvalue weighted by Crippen LogP contribution is -2.43. The summed E-state index contributed by atoms with van der Waals surface area (Å²) in [5.41, 5.74) is 0.178. The van der Waals surface area contributed by atoms with Gasteiger partial charge in [-0.1, -0.05) is 6.07 Å². The maximum atomic E-state index is 12.3. The fourth-order valence-electron chi connectivity index (χ4n) is 2.06. The average Bonchev–Trinajstić information content (AvgIpc) is 2.42. The van der Waals surface area contributed by atoms with E-state index in [1.54, 1.807) is 0 Å². The van der Waals surface area contributed by atoms with Crippen molar-refractivity contribution in [2.45, 2.75) is 12.7 Å². The highest BCUT2D eigenvalue weighted by Crippen LogP contribution is 2.30. The molecular formula is C13H15F3N2O3. The lowest BCUT2D eigenvalue weighted by molar-refractivity contribution is -0.189. The van der Waals surface area contributed by atoms with Gasteiger partial charge in [-0.25, -0.2) is 4.79 Å². The van der Waals surface area contributed by atoms with Crippen LogP contribution in [-0.4, -0.2) is 48.3 Å². The van der Waals surface area contributed by atoms with Crippen molar-refractivity contribution >= 4 is 5.97 Å². The van der Waals surface area contributed by atoms with Gasteiger partial charge in [0.15, 0.2) is 0 Å². The molecule has 0 amide bonds. The van der Waals surface area contributed by atoms with E-state index in [0.717, 1.165) is 13.1 Å². The van der Waals surface area contributed by atoms with E-state index >= 15 is 0 Å². The molecule has 0 atom stereocenters. The summed E-state index contributed by atoms with van der Waals surface area (Å²) in [5.74, 6) is -2.76. The number of piperazine rings is 1. The first kappa shape index (κ1) is 15.6. The minimum atomic E-state index is -5.07. The fraction of sp³-hybridized carbons (Fsp3) is 0.462. The van der Waals surface area contributed by atoms with Crippen LogP contribution in [0.25, 0.3) is 0 Å². The third-order valence-corrected chi connectivity index (χ3v) is 3.13. The molecule has 1 aliphatic heterocycles. The van der Waals surface area contributed by atoms with Gasteiger partial charge in [0.05, 0.1) is 5.56 Å². The molecule has 0 spiro atoms. The van der Waals surface area contributed by atoms with E-state index in [1.807, 2.05) is 4.90 Å². The molecule has 1 aliphatic rings. The Balaban J connectivity index is 2.17. The normalized spacial score (nSPS) is 16.7. The number of esters is 1. The second-order valence-corrected chi connectivity index (χ2v) is 4.67. The first-order valence-corrected chi connectivity index (χ1v) is 6.41. The number of rotatable bonds is 3. The standard InChI is InChI=1S/C13H15F3N2O3/c14-13(15,16)12(20)21-11-3-1-2-10(19)9(11)8-18-6-4-17-5-7-18/h1-3,17,19H,4-8H2. The zero-order valence-corrected chi connectivity index (χ0v) is 11.1. The van der Waals surface area contributed by atoms with Crippen LogP contribution in [0.3, 0.4) is 0 Å². The number of phenols is 1. The third kappa shape index (κ3) is 4.08. The Morgan fingerprint density at radius 2 is 2.00 bits per heavy atom. The molecule has 2 N–H and O–H groups in total. The number of halogens is 3. The molecule has 1 aromatic carbocycles. The summed E-state index contributed by atoms with van der Waals surface area (Å²) in [6.45, 7) is 3.12. The van der Waals surface area contributed by atoms with Crippen LogP contribution < -0.4 is 10.1 Å². The van der Waals surface area contributed by atoms with E-state index in [9.17, 15) is 23.1 Å². The Morgan fingerprint density at radius 1 is 1.33 bits per heavy atom. The monoisotopic (exact) mass is 304 g/mol. The molecular weight excluding hydrogens is 289 g/mol. The number of ether oxygens (including phenoxy) is 1. The molecule has 21 heavy (non-hydrogen) atoms. The van der Waals surface area contributed by atoms with Gasteiger partial charge in [0.1, 0.15) is 11.5 Å². The minimum Gasteiger partial charge on any atom is -0.507 e. The van der Waals surface area contributed by atoms with Gasteiger partial charge >= 0.3 is 12.1 Å². The smallest absolute Gasteiger partial charge is 0.491 e.